The molecule has 2 aromatic heterocycles. The number of carbonyl (C=O) groups is 1. The third-order valence-corrected chi connectivity index (χ3v) is 2.76. The first kappa shape index (κ1) is 9.08. The van der Waals surface area contributed by atoms with Gasteiger partial charge >= 0.3 is 0 Å². The Morgan fingerprint density at radius 2 is 2.43 bits per heavy atom. The van der Waals surface area contributed by atoms with Crippen LogP contribution in [-0.4, -0.2) is 15.8 Å². The number of nitrogens with zero attached hydrogens (tertiary/aromatic N) is 2. The average molecular weight is 208 g/mol. The first-order valence-corrected chi connectivity index (χ1v) is 5.07. The topological polar surface area (TPSA) is 52.0 Å². The number of aryl methyl sites for hydroxylation is 1. The van der Waals surface area contributed by atoms with Gasteiger partial charge in [-0.05, 0) is 11.4 Å². The summed E-state index contributed by atoms with van der Waals surface area (Å²) in [4.78, 5) is 26.7. The number of rotatable bonds is 3. The molecule has 2 heterocycles. The van der Waals surface area contributed by atoms with Crippen molar-refractivity contribution in [1.82, 2.24) is 9.55 Å². The fourth-order valence-corrected chi connectivity index (χ4v) is 1.97. The van der Waals surface area contributed by atoms with E-state index >= 15 is 0 Å². The normalized spacial score (nSPS) is 10.6. The summed E-state index contributed by atoms with van der Waals surface area (Å²) in [5.41, 5.74) is -0.0712. The Bertz CT molecular complexity index is 515. The molecule has 0 aliphatic heterocycles. The predicted octanol–water partition coefficient (Wildman–Crippen LogP) is 1.05. The van der Waals surface area contributed by atoms with Gasteiger partial charge in [-0.2, -0.15) is 0 Å². The smallest absolute Gasteiger partial charge is 0.262 e. The molecule has 4 nitrogen and oxygen atoms in total. The molecule has 0 radical (unpaired) electrons. The van der Waals surface area contributed by atoms with Crippen molar-refractivity contribution in [3.8, 4) is 0 Å². The average Bonchev–Trinajstić information content (AvgIpc) is 2.66. The van der Waals surface area contributed by atoms with Gasteiger partial charge in [-0.3, -0.25) is 9.36 Å². The van der Waals surface area contributed by atoms with E-state index in [2.05, 4.69) is 4.98 Å². The first-order valence-electron chi connectivity index (χ1n) is 4.19. The summed E-state index contributed by atoms with van der Waals surface area (Å²) in [6, 6.07) is 1.76. The van der Waals surface area contributed by atoms with E-state index in [0.717, 1.165) is 11.1 Å². The van der Waals surface area contributed by atoms with Gasteiger partial charge in [-0.15, -0.1) is 11.3 Å². The summed E-state index contributed by atoms with van der Waals surface area (Å²) < 4.78 is 1.46. The summed E-state index contributed by atoms with van der Waals surface area (Å²) in [6.07, 6.45) is 2.63. The van der Waals surface area contributed by atoms with Crippen LogP contribution >= 0.6 is 11.3 Å². The maximum atomic E-state index is 11.7. The van der Waals surface area contributed by atoms with Crippen molar-refractivity contribution < 1.29 is 4.79 Å². The van der Waals surface area contributed by atoms with E-state index in [1.165, 1.54) is 22.2 Å². The molecule has 0 N–H and O–H groups in total. The highest BCUT2D eigenvalue weighted by atomic mass is 32.1. The van der Waals surface area contributed by atoms with Crippen molar-refractivity contribution in [2.75, 3.05) is 0 Å². The fourth-order valence-electron chi connectivity index (χ4n) is 1.24. The lowest BCUT2D eigenvalue weighted by Gasteiger charge is -2.00. The molecule has 0 bridgehead atoms. The van der Waals surface area contributed by atoms with Gasteiger partial charge in [0.2, 0.25) is 0 Å². The highest BCUT2D eigenvalue weighted by molar-refractivity contribution is 7.16. The van der Waals surface area contributed by atoms with Crippen molar-refractivity contribution in [2.45, 2.75) is 13.0 Å². The zero-order valence-corrected chi connectivity index (χ0v) is 8.16. The second-order valence-corrected chi connectivity index (χ2v) is 3.73. The zero-order valence-electron chi connectivity index (χ0n) is 7.34. The van der Waals surface area contributed by atoms with Gasteiger partial charge in [0.05, 0.1) is 11.7 Å². The van der Waals surface area contributed by atoms with Crippen molar-refractivity contribution in [3.63, 3.8) is 0 Å². The largest absolute Gasteiger partial charge is 0.303 e. The van der Waals surface area contributed by atoms with Gasteiger partial charge in [0, 0.05) is 13.0 Å². The predicted molar refractivity (Wildman–Crippen MR) is 54.6 cm³/mol. The minimum absolute atomic E-state index is 0.0712. The highest BCUT2D eigenvalue weighted by Gasteiger charge is 2.03. The Morgan fingerprint density at radius 1 is 1.57 bits per heavy atom. The van der Waals surface area contributed by atoms with Gasteiger partial charge in [-0.25, -0.2) is 4.98 Å². The SMILES string of the molecule is O=CCCn1cnc2sccc2c1=O. The van der Waals surface area contributed by atoms with E-state index < -0.39 is 0 Å². The van der Waals surface area contributed by atoms with Gasteiger partial charge < -0.3 is 4.79 Å². The molecule has 0 fully saturated rings. The Hall–Kier alpha value is -1.49. The van der Waals surface area contributed by atoms with Crippen LogP contribution in [0.15, 0.2) is 22.6 Å². The van der Waals surface area contributed by atoms with Crippen molar-refractivity contribution in [3.05, 3.63) is 28.1 Å². The highest BCUT2D eigenvalue weighted by Crippen LogP contribution is 2.13. The van der Waals surface area contributed by atoms with Crippen molar-refractivity contribution in [1.29, 1.82) is 0 Å². The molecule has 14 heavy (non-hydrogen) atoms. The number of carbonyl (C=O) groups excluding carboxylic acids is 1. The summed E-state index contributed by atoms with van der Waals surface area (Å²) in [5.74, 6) is 0. The third kappa shape index (κ3) is 1.46. The second kappa shape index (κ2) is 3.71. The molecule has 2 rings (SSSR count). The van der Waals surface area contributed by atoms with E-state index in [1.807, 2.05) is 5.38 Å². The van der Waals surface area contributed by atoms with Crippen LogP contribution < -0.4 is 5.56 Å². The van der Waals surface area contributed by atoms with Gasteiger partial charge in [0.25, 0.3) is 5.56 Å². The lowest BCUT2D eigenvalue weighted by molar-refractivity contribution is -0.108. The lowest BCUT2D eigenvalue weighted by Crippen LogP contribution is -2.20. The molecule has 0 saturated heterocycles. The molecule has 0 atom stereocenters. The summed E-state index contributed by atoms with van der Waals surface area (Å²) in [5, 5.41) is 2.46. The molecule has 2 aromatic rings. The van der Waals surface area contributed by atoms with Crippen LogP contribution in [0, 0.1) is 0 Å². The van der Waals surface area contributed by atoms with Crippen LogP contribution in [-0.2, 0) is 11.3 Å². The molecule has 0 unspecified atom stereocenters. The monoisotopic (exact) mass is 208 g/mol. The summed E-state index contributed by atoms with van der Waals surface area (Å²) >= 11 is 1.44. The number of fused-ring (bicyclic) bond motifs is 1. The Kier molecular flexibility index (Phi) is 2.41. The van der Waals surface area contributed by atoms with E-state index in [9.17, 15) is 9.59 Å². The zero-order chi connectivity index (χ0) is 9.97. The van der Waals surface area contributed by atoms with Gasteiger partial charge in [-0.1, -0.05) is 0 Å². The van der Waals surface area contributed by atoms with E-state index in [0.29, 0.717) is 18.4 Å². The van der Waals surface area contributed by atoms with Gasteiger partial charge in [0.15, 0.2) is 0 Å². The number of aromatic nitrogens is 2. The number of thiophene rings is 1. The Labute approximate surface area is 83.8 Å². The van der Waals surface area contributed by atoms with E-state index in [1.54, 1.807) is 6.07 Å². The molecular weight excluding hydrogens is 200 g/mol. The Morgan fingerprint density at radius 3 is 3.21 bits per heavy atom. The molecule has 0 spiro atoms. The summed E-state index contributed by atoms with van der Waals surface area (Å²) in [6.45, 7) is 0.404. The fraction of sp³-hybridized carbons (Fsp3) is 0.222. The van der Waals surface area contributed by atoms with Crippen LogP contribution in [0.3, 0.4) is 0 Å². The second-order valence-electron chi connectivity index (χ2n) is 2.84. The number of hydrogen-bond donors (Lipinski definition) is 0. The lowest BCUT2D eigenvalue weighted by atomic mass is 10.4. The standard InChI is InChI=1S/C9H8N2O2S/c12-4-1-3-11-6-10-8-7(9(11)13)2-5-14-8/h2,4-6H,1,3H2. The molecule has 0 aliphatic rings. The molecular formula is C9H8N2O2S. The molecule has 72 valence electrons. The van der Waals surface area contributed by atoms with Crippen LogP contribution in [0.25, 0.3) is 10.2 Å². The molecule has 0 amide bonds. The number of aldehydes is 1. The van der Waals surface area contributed by atoms with Crippen molar-refractivity contribution >= 4 is 27.8 Å². The maximum absolute atomic E-state index is 11.7. The minimum Gasteiger partial charge on any atom is -0.303 e. The van der Waals surface area contributed by atoms with Crippen molar-refractivity contribution in [2.24, 2.45) is 0 Å². The molecule has 5 heteroatoms. The third-order valence-electron chi connectivity index (χ3n) is 1.94. The maximum Gasteiger partial charge on any atom is 0.262 e. The minimum atomic E-state index is -0.0712. The van der Waals surface area contributed by atoms with E-state index in [4.69, 9.17) is 0 Å². The number of hydrogen-bond acceptors (Lipinski definition) is 4. The van der Waals surface area contributed by atoms with E-state index in [-0.39, 0.29) is 5.56 Å². The van der Waals surface area contributed by atoms with Gasteiger partial charge in [0.1, 0.15) is 11.1 Å². The molecule has 0 aliphatic carbocycles. The first-order chi connectivity index (χ1) is 6.83. The van der Waals surface area contributed by atoms with Crippen LogP contribution in [0.5, 0.6) is 0 Å². The van der Waals surface area contributed by atoms with Crippen LogP contribution in [0.4, 0.5) is 0 Å². The quantitative estimate of drug-likeness (QED) is 0.708. The Balaban J connectivity index is 2.51. The van der Waals surface area contributed by atoms with Crippen LogP contribution in [0.2, 0.25) is 0 Å². The molecule has 0 saturated carbocycles. The molecule has 0 aromatic carbocycles. The summed E-state index contributed by atoms with van der Waals surface area (Å²) in [7, 11) is 0. The van der Waals surface area contributed by atoms with Crippen LogP contribution in [0.1, 0.15) is 6.42 Å².